The van der Waals surface area contributed by atoms with Gasteiger partial charge < -0.3 is 14.8 Å². The molecular weight excluding hydrogens is 250 g/mol. The van der Waals surface area contributed by atoms with Crippen LogP contribution in [-0.4, -0.2) is 32.9 Å². The molecule has 20 heavy (non-hydrogen) atoms. The summed E-state index contributed by atoms with van der Waals surface area (Å²) >= 11 is 0. The molecule has 2 rings (SSSR count). The van der Waals surface area contributed by atoms with Gasteiger partial charge in [0.1, 0.15) is 0 Å². The summed E-state index contributed by atoms with van der Waals surface area (Å²) in [4.78, 5) is 0. The van der Waals surface area contributed by atoms with Gasteiger partial charge in [-0.1, -0.05) is 37.3 Å². The Morgan fingerprint density at radius 1 is 1.35 bits per heavy atom. The first-order chi connectivity index (χ1) is 9.86. The van der Waals surface area contributed by atoms with Gasteiger partial charge in [0, 0.05) is 25.7 Å². The molecule has 0 bridgehead atoms. The van der Waals surface area contributed by atoms with Crippen LogP contribution in [0.1, 0.15) is 37.9 Å². The van der Waals surface area contributed by atoms with E-state index >= 15 is 0 Å². The Bertz CT molecular complexity index is 363. The fourth-order valence-electron chi connectivity index (χ4n) is 3.01. The maximum absolute atomic E-state index is 5.83. The van der Waals surface area contributed by atoms with Crippen LogP contribution in [0.25, 0.3) is 0 Å². The number of hydrogen-bond donors (Lipinski definition) is 1. The Kier molecular flexibility index (Phi) is 6.51. The minimum absolute atomic E-state index is 0.0921. The summed E-state index contributed by atoms with van der Waals surface area (Å²) in [6.45, 7) is 4.97. The van der Waals surface area contributed by atoms with Gasteiger partial charge in [-0.15, -0.1) is 0 Å². The quantitative estimate of drug-likeness (QED) is 0.830. The minimum Gasteiger partial charge on any atom is -0.381 e. The number of hydrogen-bond acceptors (Lipinski definition) is 3. The highest BCUT2D eigenvalue weighted by Gasteiger charge is 2.31. The number of methoxy groups -OCH3 is 1. The SMILES string of the molecule is CCCNC(C1CCCOC1)C(OC)c1ccccc1. The van der Waals surface area contributed by atoms with Gasteiger partial charge in [0.05, 0.1) is 12.7 Å². The van der Waals surface area contributed by atoms with Gasteiger partial charge in [-0.05, 0) is 31.4 Å². The minimum atomic E-state index is 0.0921. The number of rotatable bonds is 7. The predicted molar refractivity (Wildman–Crippen MR) is 81.8 cm³/mol. The summed E-state index contributed by atoms with van der Waals surface area (Å²) in [7, 11) is 1.81. The number of nitrogens with one attached hydrogen (secondary N) is 1. The first kappa shape index (κ1) is 15.5. The molecule has 0 aliphatic carbocycles. The summed E-state index contributed by atoms with van der Waals surface area (Å²) in [5.74, 6) is 0.528. The molecule has 0 amide bonds. The van der Waals surface area contributed by atoms with Crippen molar-refractivity contribution in [2.75, 3.05) is 26.9 Å². The summed E-state index contributed by atoms with van der Waals surface area (Å²) in [6.07, 6.45) is 3.60. The maximum atomic E-state index is 5.83. The fourth-order valence-corrected chi connectivity index (χ4v) is 3.01. The molecule has 0 aromatic heterocycles. The van der Waals surface area contributed by atoms with Crippen molar-refractivity contribution in [1.82, 2.24) is 5.32 Å². The van der Waals surface area contributed by atoms with E-state index in [1.165, 1.54) is 12.0 Å². The van der Waals surface area contributed by atoms with Crippen LogP contribution in [0, 0.1) is 5.92 Å². The zero-order valence-corrected chi connectivity index (χ0v) is 12.7. The van der Waals surface area contributed by atoms with Gasteiger partial charge >= 0.3 is 0 Å². The monoisotopic (exact) mass is 277 g/mol. The van der Waals surface area contributed by atoms with Crippen molar-refractivity contribution in [1.29, 1.82) is 0 Å². The second-order valence-electron chi connectivity index (χ2n) is 5.52. The fraction of sp³-hybridized carbons (Fsp3) is 0.647. The molecule has 1 fully saturated rings. The largest absolute Gasteiger partial charge is 0.381 e. The molecule has 0 radical (unpaired) electrons. The van der Waals surface area contributed by atoms with Gasteiger partial charge in [0.2, 0.25) is 0 Å². The normalized spacial score (nSPS) is 22.4. The average molecular weight is 277 g/mol. The molecule has 0 spiro atoms. The van der Waals surface area contributed by atoms with E-state index in [9.17, 15) is 0 Å². The van der Waals surface area contributed by atoms with Gasteiger partial charge in [0.25, 0.3) is 0 Å². The van der Waals surface area contributed by atoms with Crippen LogP contribution < -0.4 is 5.32 Å². The van der Waals surface area contributed by atoms with Crippen molar-refractivity contribution in [3.63, 3.8) is 0 Å². The van der Waals surface area contributed by atoms with Crippen LogP contribution >= 0.6 is 0 Å². The lowest BCUT2D eigenvalue weighted by Crippen LogP contribution is -2.45. The highest BCUT2D eigenvalue weighted by molar-refractivity contribution is 5.19. The van der Waals surface area contributed by atoms with Crippen molar-refractivity contribution in [3.05, 3.63) is 35.9 Å². The zero-order chi connectivity index (χ0) is 14.2. The third kappa shape index (κ3) is 4.05. The third-order valence-corrected chi connectivity index (χ3v) is 4.04. The van der Waals surface area contributed by atoms with Crippen LogP contribution in [0.2, 0.25) is 0 Å². The van der Waals surface area contributed by atoms with Crippen molar-refractivity contribution < 1.29 is 9.47 Å². The van der Waals surface area contributed by atoms with Crippen molar-refractivity contribution in [2.24, 2.45) is 5.92 Å². The molecule has 1 N–H and O–H groups in total. The first-order valence-corrected chi connectivity index (χ1v) is 7.75. The standard InChI is InChI=1S/C17H27NO2/c1-3-11-18-16(15-10-7-12-20-13-15)17(19-2)14-8-5-4-6-9-14/h4-6,8-9,15-18H,3,7,10-13H2,1-2H3. The summed E-state index contributed by atoms with van der Waals surface area (Å²) in [6, 6.07) is 10.8. The lowest BCUT2D eigenvalue weighted by molar-refractivity contribution is -0.0103. The molecule has 3 nitrogen and oxygen atoms in total. The Morgan fingerprint density at radius 2 is 2.15 bits per heavy atom. The van der Waals surface area contributed by atoms with Gasteiger partial charge in [-0.2, -0.15) is 0 Å². The molecule has 3 atom stereocenters. The molecule has 1 aromatic carbocycles. The molecule has 112 valence electrons. The van der Waals surface area contributed by atoms with Crippen molar-refractivity contribution in [2.45, 2.75) is 38.3 Å². The molecular formula is C17H27NO2. The lowest BCUT2D eigenvalue weighted by atomic mass is 9.87. The molecule has 1 aromatic rings. The summed E-state index contributed by atoms with van der Waals surface area (Å²) < 4.78 is 11.5. The Labute approximate surface area is 122 Å². The topological polar surface area (TPSA) is 30.5 Å². The van der Waals surface area contributed by atoms with Crippen LogP contribution in [-0.2, 0) is 9.47 Å². The summed E-state index contributed by atoms with van der Waals surface area (Å²) in [5, 5.41) is 3.68. The van der Waals surface area contributed by atoms with E-state index in [0.717, 1.165) is 32.6 Å². The molecule has 3 heteroatoms. The van der Waals surface area contributed by atoms with E-state index in [2.05, 4.69) is 42.6 Å². The van der Waals surface area contributed by atoms with Crippen LogP contribution in [0.5, 0.6) is 0 Å². The van der Waals surface area contributed by atoms with Crippen LogP contribution in [0.3, 0.4) is 0 Å². The number of ether oxygens (including phenoxy) is 2. The van der Waals surface area contributed by atoms with E-state index in [-0.39, 0.29) is 6.10 Å². The molecule has 1 aliphatic heterocycles. The van der Waals surface area contributed by atoms with E-state index in [1.807, 2.05) is 7.11 Å². The zero-order valence-electron chi connectivity index (χ0n) is 12.7. The molecule has 3 unspecified atom stereocenters. The van der Waals surface area contributed by atoms with E-state index in [1.54, 1.807) is 0 Å². The van der Waals surface area contributed by atoms with E-state index in [0.29, 0.717) is 12.0 Å². The molecule has 1 aliphatic rings. The van der Waals surface area contributed by atoms with Crippen molar-refractivity contribution >= 4 is 0 Å². The van der Waals surface area contributed by atoms with Gasteiger partial charge in [-0.25, -0.2) is 0 Å². The maximum Gasteiger partial charge on any atom is 0.0977 e. The number of benzene rings is 1. The van der Waals surface area contributed by atoms with Crippen LogP contribution in [0.4, 0.5) is 0 Å². The van der Waals surface area contributed by atoms with Crippen molar-refractivity contribution in [3.8, 4) is 0 Å². The lowest BCUT2D eigenvalue weighted by Gasteiger charge is -2.36. The predicted octanol–water partition coefficient (Wildman–Crippen LogP) is 3.17. The van der Waals surface area contributed by atoms with Gasteiger partial charge in [0.15, 0.2) is 0 Å². The van der Waals surface area contributed by atoms with E-state index in [4.69, 9.17) is 9.47 Å². The third-order valence-electron chi connectivity index (χ3n) is 4.04. The molecule has 1 saturated heterocycles. The Balaban J connectivity index is 2.14. The highest BCUT2D eigenvalue weighted by Crippen LogP contribution is 2.29. The molecule has 0 saturated carbocycles. The highest BCUT2D eigenvalue weighted by atomic mass is 16.5. The summed E-state index contributed by atoms with van der Waals surface area (Å²) in [5.41, 5.74) is 1.24. The van der Waals surface area contributed by atoms with Crippen LogP contribution in [0.15, 0.2) is 30.3 Å². The smallest absolute Gasteiger partial charge is 0.0977 e. The van der Waals surface area contributed by atoms with Gasteiger partial charge in [-0.3, -0.25) is 0 Å². The Morgan fingerprint density at radius 3 is 2.75 bits per heavy atom. The average Bonchev–Trinajstić information content (AvgIpc) is 2.53. The first-order valence-electron chi connectivity index (χ1n) is 7.75. The second kappa shape index (κ2) is 8.40. The Hall–Kier alpha value is -0.900. The molecule has 1 heterocycles. The second-order valence-corrected chi connectivity index (χ2v) is 5.52. The van der Waals surface area contributed by atoms with E-state index < -0.39 is 0 Å².